The molecular weight excluding hydrogens is 308 g/mol. The van der Waals surface area contributed by atoms with Crippen LogP contribution < -0.4 is 5.32 Å². The van der Waals surface area contributed by atoms with Crippen molar-refractivity contribution in [2.24, 2.45) is 0 Å². The Morgan fingerprint density at radius 2 is 2.10 bits per heavy atom. The van der Waals surface area contributed by atoms with Crippen LogP contribution in [0.1, 0.15) is 26.6 Å². The largest absolute Gasteiger partial charge is 0.416 e. The lowest BCUT2D eigenvalue weighted by molar-refractivity contribution is -0.137. The summed E-state index contributed by atoms with van der Waals surface area (Å²) in [7, 11) is 0. The molecule has 0 aliphatic rings. The smallest absolute Gasteiger partial charge is 0.345 e. The van der Waals surface area contributed by atoms with Gasteiger partial charge in [-0.2, -0.15) is 13.2 Å². The molecular formula is C13H10F4N2OS. The fraction of sp³-hybridized carbons (Fsp3) is 0.231. The molecule has 0 spiro atoms. The quantitative estimate of drug-likeness (QED) is 0.880. The second-order valence-corrected chi connectivity index (χ2v) is 5.20. The predicted molar refractivity (Wildman–Crippen MR) is 69.4 cm³/mol. The minimum absolute atomic E-state index is 0.0347. The molecule has 0 bridgehead atoms. The van der Waals surface area contributed by atoms with Gasteiger partial charge in [0.15, 0.2) is 0 Å². The summed E-state index contributed by atoms with van der Waals surface area (Å²) in [6.45, 7) is 1.81. The van der Waals surface area contributed by atoms with E-state index in [4.69, 9.17) is 0 Å². The van der Waals surface area contributed by atoms with Crippen LogP contribution in [0.3, 0.4) is 0 Å². The van der Waals surface area contributed by atoms with E-state index in [9.17, 15) is 22.4 Å². The Labute approximate surface area is 121 Å². The van der Waals surface area contributed by atoms with Gasteiger partial charge in [-0.3, -0.25) is 4.79 Å². The number of carbonyl (C=O) groups is 1. The van der Waals surface area contributed by atoms with E-state index < -0.39 is 29.0 Å². The topological polar surface area (TPSA) is 42.0 Å². The Hall–Kier alpha value is -1.96. The molecule has 1 aromatic heterocycles. The number of amides is 1. The summed E-state index contributed by atoms with van der Waals surface area (Å²) < 4.78 is 51.2. The Morgan fingerprint density at radius 3 is 2.67 bits per heavy atom. The van der Waals surface area contributed by atoms with Crippen LogP contribution >= 0.6 is 11.3 Å². The molecule has 3 nitrogen and oxygen atoms in total. The van der Waals surface area contributed by atoms with Gasteiger partial charge in [0.25, 0.3) is 5.91 Å². The molecule has 2 rings (SSSR count). The number of aromatic nitrogens is 1. The molecule has 0 fully saturated rings. The van der Waals surface area contributed by atoms with Crippen molar-refractivity contribution in [1.82, 2.24) is 10.3 Å². The zero-order chi connectivity index (χ0) is 15.6. The lowest BCUT2D eigenvalue weighted by Gasteiger charge is -2.09. The molecule has 8 heteroatoms. The molecule has 112 valence electrons. The summed E-state index contributed by atoms with van der Waals surface area (Å²) in [4.78, 5) is 15.9. The maximum Gasteiger partial charge on any atom is 0.416 e. The van der Waals surface area contributed by atoms with E-state index in [0.717, 1.165) is 5.69 Å². The first kappa shape index (κ1) is 15.4. The van der Waals surface area contributed by atoms with Crippen molar-refractivity contribution in [3.8, 4) is 0 Å². The van der Waals surface area contributed by atoms with Gasteiger partial charge < -0.3 is 5.32 Å². The van der Waals surface area contributed by atoms with Crippen molar-refractivity contribution in [3.63, 3.8) is 0 Å². The number of aryl methyl sites for hydroxylation is 1. The minimum atomic E-state index is -4.63. The monoisotopic (exact) mass is 318 g/mol. The van der Waals surface area contributed by atoms with Gasteiger partial charge in [0.1, 0.15) is 10.8 Å². The summed E-state index contributed by atoms with van der Waals surface area (Å²) in [5.74, 6) is -1.91. The minimum Gasteiger partial charge on any atom is -0.345 e. The Bertz CT molecular complexity index is 666. The summed E-state index contributed by atoms with van der Waals surface area (Å²) >= 11 is 1.30. The molecule has 0 unspecified atom stereocenters. The van der Waals surface area contributed by atoms with E-state index in [-0.39, 0.29) is 6.54 Å². The third kappa shape index (κ3) is 3.78. The van der Waals surface area contributed by atoms with Crippen LogP contribution in [0.25, 0.3) is 0 Å². The molecule has 21 heavy (non-hydrogen) atoms. The Balaban J connectivity index is 2.15. The van der Waals surface area contributed by atoms with Crippen molar-refractivity contribution in [2.75, 3.05) is 0 Å². The molecule has 2 aromatic rings. The van der Waals surface area contributed by atoms with Crippen LogP contribution in [0.5, 0.6) is 0 Å². The molecule has 0 radical (unpaired) electrons. The fourth-order valence-corrected chi connectivity index (χ4v) is 2.32. The van der Waals surface area contributed by atoms with E-state index in [1.165, 1.54) is 11.3 Å². The summed E-state index contributed by atoms with van der Waals surface area (Å²) in [5, 5.41) is 4.71. The third-order valence-electron chi connectivity index (χ3n) is 2.61. The predicted octanol–water partition coefficient (Wildman–Crippen LogP) is 3.54. The van der Waals surface area contributed by atoms with Crippen LogP contribution in [-0.2, 0) is 12.7 Å². The van der Waals surface area contributed by atoms with Crippen LogP contribution in [-0.4, -0.2) is 10.9 Å². The fourth-order valence-electron chi connectivity index (χ4n) is 1.61. The molecule has 0 saturated carbocycles. The number of thiazole rings is 1. The van der Waals surface area contributed by atoms with E-state index in [2.05, 4.69) is 10.3 Å². The van der Waals surface area contributed by atoms with Crippen LogP contribution in [0.15, 0.2) is 23.6 Å². The van der Waals surface area contributed by atoms with Gasteiger partial charge in [-0.1, -0.05) is 0 Å². The second kappa shape index (κ2) is 5.80. The average molecular weight is 318 g/mol. The SMILES string of the molecule is Cc1csc(CNC(=O)c2cc(C(F)(F)F)ccc2F)n1. The van der Waals surface area contributed by atoms with E-state index in [1.54, 1.807) is 12.3 Å². The number of rotatable bonds is 3. The van der Waals surface area contributed by atoms with Crippen LogP contribution in [0, 0.1) is 12.7 Å². The molecule has 0 aliphatic heterocycles. The molecule has 1 heterocycles. The number of hydrogen-bond donors (Lipinski definition) is 1. The highest BCUT2D eigenvalue weighted by Crippen LogP contribution is 2.30. The highest BCUT2D eigenvalue weighted by molar-refractivity contribution is 7.09. The number of carbonyl (C=O) groups excluding carboxylic acids is 1. The number of nitrogens with zero attached hydrogens (tertiary/aromatic N) is 1. The number of halogens is 4. The summed E-state index contributed by atoms with van der Waals surface area (Å²) in [6.07, 6.45) is -4.63. The van der Waals surface area contributed by atoms with E-state index >= 15 is 0 Å². The molecule has 0 aliphatic carbocycles. The van der Waals surface area contributed by atoms with Gasteiger partial charge in [-0.15, -0.1) is 11.3 Å². The summed E-state index contributed by atoms with van der Waals surface area (Å²) in [5.41, 5.74) is -0.938. The molecule has 0 saturated heterocycles. The average Bonchev–Trinajstić information content (AvgIpc) is 2.81. The zero-order valence-corrected chi connectivity index (χ0v) is 11.6. The number of hydrogen-bond acceptors (Lipinski definition) is 3. The van der Waals surface area contributed by atoms with Crippen molar-refractivity contribution in [2.45, 2.75) is 19.6 Å². The first-order chi connectivity index (χ1) is 9.77. The van der Waals surface area contributed by atoms with Gasteiger partial charge in [0, 0.05) is 11.1 Å². The molecule has 0 atom stereocenters. The third-order valence-corrected chi connectivity index (χ3v) is 3.57. The molecule has 1 N–H and O–H groups in total. The second-order valence-electron chi connectivity index (χ2n) is 4.26. The Morgan fingerprint density at radius 1 is 1.38 bits per heavy atom. The lowest BCUT2D eigenvalue weighted by Crippen LogP contribution is -2.24. The summed E-state index contributed by atoms with van der Waals surface area (Å²) in [6, 6.07) is 1.72. The zero-order valence-electron chi connectivity index (χ0n) is 10.8. The van der Waals surface area contributed by atoms with Crippen molar-refractivity contribution >= 4 is 17.2 Å². The van der Waals surface area contributed by atoms with Crippen molar-refractivity contribution < 1.29 is 22.4 Å². The highest BCUT2D eigenvalue weighted by Gasteiger charge is 2.31. The van der Waals surface area contributed by atoms with Gasteiger partial charge in [-0.25, -0.2) is 9.37 Å². The van der Waals surface area contributed by atoms with Crippen molar-refractivity contribution in [1.29, 1.82) is 0 Å². The number of nitrogens with one attached hydrogen (secondary N) is 1. The maximum atomic E-state index is 13.5. The molecule has 1 aromatic carbocycles. The first-order valence-corrected chi connectivity index (χ1v) is 6.71. The van der Waals surface area contributed by atoms with E-state index in [0.29, 0.717) is 23.2 Å². The van der Waals surface area contributed by atoms with Crippen molar-refractivity contribution in [3.05, 3.63) is 51.2 Å². The first-order valence-electron chi connectivity index (χ1n) is 5.83. The highest BCUT2D eigenvalue weighted by atomic mass is 32.1. The number of alkyl halides is 3. The van der Waals surface area contributed by atoms with Gasteiger partial charge in [0.2, 0.25) is 0 Å². The van der Waals surface area contributed by atoms with Gasteiger partial charge >= 0.3 is 6.18 Å². The lowest BCUT2D eigenvalue weighted by atomic mass is 10.1. The van der Waals surface area contributed by atoms with Gasteiger partial charge in [-0.05, 0) is 25.1 Å². The van der Waals surface area contributed by atoms with E-state index in [1.807, 2.05) is 0 Å². The Kier molecular flexibility index (Phi) is 4.26. The maximum absolute atomic E-state index is 13.5. The normalized spacial score (nSPS) is 11.5. The van der Waals surface area contributed by atoms with Crippen LogP contribution in [0.4, 0.5) is 17.6 Å². The van der Waals surface area contributed by atoms with Crippen LogP contribution in [0.2, 0.25) is 0 Å². The number of benzene rings is 1. The molecule has 1 amide bonds. The van der Waals surface area contributed by atoms with Gasteiger partial charge in [0.05, 0.1) is 17.7 Å². The standard InChI is InChI=1S/C13H10F4N2OS/c1-7-6-21-11(19-7)5-18-12(20)9-4-8(13(15,16)17)2-3-10(9)14/h2-4,6H,5H2,1H3,(H,18,20).